The molecule has 0 saturated carbocycles. The zero-order valence-corrected chi connectivity index (χ0v) is 9.63. The number of carbonyl (C=O) groups is 1. The van der Waals surface area contributed by atoms with Crippen LogP contribution in [0, 0.1) is 0 Å². The predicted molar refractivity (Wildman–Crippen MR) is 69.0 cm³/mol. The first-order chi connectivity index (χ1) is 8.77. The SMILES string of the molecule is O=C1NCN(c2ccccc2O)c2ccccc21. The van der Waals surface area contributed by atoms with E-state index in [-0.39, 0.29) is 11.7 Å². The number of hydrogen-bond acceptors (Lipinski definition) is 3. The molecule has 0 radical (unpaired) electrons. The van der Waals surface area contributed by atoms with Crippen molar-refractivity contribution in [3.05, 3.63) is 54.1 Å². The van der Waals surface area contributed by atoms with Crippen LogP contribution in [-0.2, 0) is 0 Å². The standard InChI is InChI=1S/C14H12N2O2/c17-13-8-4-3-7-12(13)16-9-15-14(18)10-5-1-2-6-11(10)16/h1-8,17H,9H2,(H,15,18). The fourth-order valence-electron chi connectivity index (χ4n) is 2.14. The van der Waals surface area contributed by atoms with Gasteiger partial charge in [-0.1, -0.05) is 24.3 Å². The van der Waals surface area contributed by atoms with Gasteiger partial charge in [-0.3, -0.25) is 4.79 Å². The van der Waals surface area contributed by atoms with E-state index in [1.807, 2.05) is 35.2 Å². The summed E-state index contributed by atoms with van der Waals surface area (Å²) in [5, 5.41) is 12.7. The fraction of sp³-hybridized carbons (Fsp3) is 0.0714. The van der Waals surface area contributed by atoms with Gasteiger partial charge in [-0.2, -0.15) is 0 Å². The predicted octanol–water partition coefficient (Wildman–Crippen LogP) is 2.23. The van der Waals surface area contributed by atoms with Gasteiger partial charge in [0.1, 0.15) is 5.75 Å². The summed E-state index contributed by atoms with van der Waals surface area (Å²) in [6.07, 6.45) is 0. The van der Waals surface area contributed by atoms with Crippen molar-refractivity contribution in [2.75, 3.05) is 11.6 Å². The van der Waals surface area contributed by atoms with Crippen molar-refractivity contribution >= 4 is 17.3 Å². The van der Waals surface area contributed by atoms with Gasteiger partial charge in [0.2, 0.25) is 0 Å². The molecule has 0 aliphatic carbocycles. The number of phenolic OH excluding ortho intramolecular Hbond substituents is 1. The van der Waals surface area contributed by atoms with Gasteiger partial charge in [0.05, 0.1) is 23.6 Å². The molecule has 0 atom stereocenters. The van der Waals surface area contributed by atoms with Crippen molar-refractivity contribution in [2.45, 2.75) is 0 Å². The largest absolute Gasteiger partial charge is 0.506 e. The molecule has 1 amide bonds. The second kappa shape index (κ2) is 4.07. The highest BCUT2D eigenvalue weighted by Gasteiger charge is 2.24. The molecule has 3 rings (SSSR count). The Bertz CT molecular complexity index is 610. The lowest BCUT2D eigenvalue weighted by Gasteiger charge is -2.31. The van der Waals surface area contributed by atoms with Crippen LogP contribution >= 0.6 is 0 Å². The number of nitrogens with zero attached hydrogens (tertiary/aromatic N) is 1. The molecule has 2 aromatic carbocycles. The Hall–Kier alpha value is -2.49. The fourth-order valence-corrected chi connectivity index (χ4v) is 2.14. The molecule has 1 heterocycles. The molecule has 1 aliphatic heterocycles. The number of phenols is 1. The van der Waals surface area contributed by atoms with Crippen molar-refractivity contribution in [3.63, 3.8) is 0 Å². The summed E-state index contributed by atoms with van der Waals surface area (Å²) < 4.78 is 0. The first-order valence-electron chi connectivity index (χ1n) is 5.70. The first-order valence-corrected chi connectivity index (χ1v) is 5.70. The van der Waals surface area contributed by atoms with Crippen LogP contribution in [0.4, 0.5) is 11.4 Å². The molecule has 0 unspecified atom stereocenters. The topological polar surface area (TPSA) is 52.6 Å². The van der Waals surface area contributed by atoms with Gasteiger partial charge in [0, 0.05) is 0 Å². The van der Waals surface area contributed by atoms with Crippen molar-refractivity contribution < 1.29 is 9.90 Å². The third kappa shape index (κ3) is 1.59. The third-order valence-electron chi connectivity index (χ3n) is 3.01. The number of fused-ring (bicyclic) bond motifs is 1. The normalized spacial score (nSPS) is 14.0. The number of carbonyl (C=O) groups excluding carboxylic acids is 1. The van der Waals surface area contributed by atoms with E-state index in [1.54, 1.807) is 18.2 Å². The number of para-hydroxylation sites is 3. The molecule has 1 aliphatic rings. The van der Waals surface area contributed by atoms with Crippen LogP contribution in [0.15, 0.2) is 48.5 Å². The number of amides is 1. The molecule has 2 aromatic rings. The van der Waals surface area contributed by atoms with E-state index in [2.05, 4.69) is 5.32 Å². The highest BCUT2D eigenvalue weighted by molar-refractivity contribution is 6.02. The monoisotopic (exact) mass is 240 g/mol. The third-order valence-corrected chi connectivity index (χ3v) is 3.01. The van der Waals surface area contributed by atoms with Crippen LogP contribution in [0.3, 0.4) is 0 Å². The lowest BCUT2D eigenvalue weighted by molar-refractivity contribution is 0.0949. The highest BCUT2D eigenvalue weighted by atomic mass is 16.3. The summed E-state index contributed by atoms with van der Waals surface area (Å²) in [7, 11) is 0. The lowest BCUT2D eigenvalue weighted by atomic mass is 10.1. The minimum Gasteiger partial charge on any atom is -0.506 e. The summed E-state index contributed by atoms with van der Waals surface area (Å²) in [5.41, 5.74) is 2.11. The van der Waals surface area contributed by atoms with E-state index in [0.29, 0.717) is 17.9 Å². The second-order valence-electron chi connectivity index (χ2n) is 4.10. The Morgan fingerprint density at radius 3 is 2.44 bits per heavy atom. The minimum atomic E-state index is -0.0859. The molecular weight excluding hydrogens is 228 g/mol. The van der Waals surface area contributed by atoms with Crippen LogP contribution in [-0.4, -0.2) is 17.7 Å². The lowest BCUT2D eigenvalue weighted by Crippen LogP contribution is -2.40. The van der Waals surface area contributed by atoms with Crippen molar-refractivity contribution in [1.82, 2.24) is 5.32 Å². The maximum absolute atomic E-state index is 11.7. The Morgan fingerprint density at radius 2 is 1.67 bits per heavy atom. The van der Waals surface area contributed by atoms with E-state index in [1.165, 1.54) is 0 Å². The van der Waals surface area contributed by atoms with Crippen molar-refractivity contribution in [2.24, 2.45) is 0 Å². The van der Waals surface area contributed by atoms with E-state index in [0.717, 1.165) is 5.69 Å². The summed E-state index contributed by atoms with van der Waals surface area (Å²) in [6.45, 7) is 0.355. The van der Waals surface area contributed by atoms with Gasteiger partial charge in [0.25, 0.3) is 5.91 Å². The van der Waals surface area contributed by atoms with Gasteiger partial charge in [-0.05, 0) is 24.3 Å². The number of anilines is 2. The molecule has 0 aromatic heterocycles. The molecule has 0 spiro atoms. The summed E-state index contributed by atoms with van der Waals surface area (Å²) in [5.74, 6) is 0.112. The smallest absolute Gasteiger partial charge is 0.254 e. The quantitative estimate of drug-likeness (QED) is 0.803. The number of aromatic hydroxyl groups is 1. The maximum Gasteiger partial charge on any atom is 0.254 e. The molecule has 4 heteroatoms. The van der Waals surface area contributed by atoms with Crippen LogP contribution in [0.5, 0.6) is 5.75 Å². The molecule has 0 fully saturated rings. The summed E-state index contributed by atoms with van der Waals surface area (Å²) in [6, 6.07) is 14.4. The molecule has 90 valence electrons. The number of nitrogens with one attached hydrogen (secondary N) is 1. The Labute approximate surface area is 104 Å². The minimum absolute atomic E-state index is 0.0859. The van der Waals surface area contributed by atoms with Gasteiger partial charge >= 0.3 is 0 Å². The van der Waals surface area contributed by atoms with Gasteiger partial charge < -0.3 is 15.3 Å². The molecule has 0 bridgehead atoms. The van der Waals surface area contributed by atoms with Crippen molar-refractivity contribution in [3.8, 4) is 5.75 Å². The van der Waals surface area contributed by atoms with E-state index in [9.17, 15) is 9.90 Å². The van der Waals surface area contributed by atoms with Crippen molar-refractivity contribution in [1.29, 1.82) is 0 Å². The highest BCUT2D eigenvalue weighted by Crippen LogP contribution is 2.35. The first kappa shape index (κ1) is 10.7. The Kier molecular flexibility index (Phi) is 2.41. The van der Waals surface area contributed by atoms with Gasteiger partial charge in [-0.15, -0.1) is 0 Å². The molecule has 0 saturated heterocycles. The van der Waals surface area contributed by atoms with E-state index < -0.39 is 0 Å². The molecule has 18 heavy (non-hydrogen) atoms. The van der Waals surface area contributed by atoms with Crippen LogP contribution in [0.25, 0.3) is 0 Å². The molecule has 4 nitrogen and oxygen atoms in total. The Balaban J connectivity index is 2.13. The number of rotatable bonds is 1. The second-order valence-corrected chi connectivity index (χ2v) is 4.10. The average molecular weight is 240 g/mol. The van der Waals surface area contributed by atoms with E-state index in [4.69, 9.17) is 0 Å². The Morgan fingerprint density at radius 1 is 1.00 bits per heavy atom. The maximum atomic E-state index is 11.7. The zero-order valence-electron chi connectivity index (χ0n) is 9.63. The van der Waals surface area contributed by atoms with Crippen LogP contribution in [0.2, 0.25) is 0 Å². The van der Waals surface area contributed by atoms with E-state index >= 15 is 0 Å². The number of hydrogen-bond donors (Lipinski definition) is 2. The molecular formula is C14H12N2O2. The van der Waals surface area contributed by atoms with Gasteiger partial charge in [-0.25, -0.2) is 0 Å². The average Bonchev–Trinajstić information content (AvgIpc) is 2.41. The summed E-state index contributed by atoms with van der Waals surface area (Å²) in [4.78, 5) is 13.6. The van der Waals surface area contributed by atoms with Crippen LogP contribution in [0.1, 0.15) is 10.4 Å². The van der Waals surface area contributed by atoms with Crippen LogP contribution < -0.4 is 10.2 Å². The zero-order chi connectivity index (χ0) is 12.5. The molecule has 2 N–H and O–H groups in total. The number of benzene rings is 2. The summed E-state index contributed by atoms with van der Waals surface area (Å²) >= 11 is 0. The van der Waals surface area contributed by atoms with Gasteiger partial charge in [0.15, 0.2) is 0 Å².